The summed E-state index contributed by atoms with van der Waals surface area (Å²) in [5.41, 5.74) is 5.57. The number of aromatic nitrogens is 4. The molecule has 0 radical (unpaired) electrons. The zero-order chi connectivity index (χ0) is 25.5. The van der Waals surface area contributed by atoms with Gasteiger partial charge in [-0.05, 0) is 49.1 Å². The number of carbonyl (C=O) groups excluding carboxylic acids is 1. The molecular weight excluding hydrogens is 470 g/mol. The third-order valence-corrected chi connectivity index (χ3v) is 6.81. The summed E-state index contributed by atoms with van der Waals surface area (Å²) in [4.78, 5) is 29.5. The molecule has 0 saturated heterocycles. The number of oxazole rings is 1. The molecule has 0 spiro atoms. The van der Waals surface area contributed by atoms with Crippen LogP contribution in [0.4, 0.5) is 0 Å². The fraction of sp³-hybridized carbons (Fsp3) is 0.286. The Hall–Kier alpha value is -4.40. The molecule has 9 heteroatoms. The van der Waals surface area contributed by atoms with Crippen molar-refractivity contribution in [3.8, 4) is 22.8 Å². The van der Waals surface area contributed by atoms with Gasteiger partial charge in [0.2, 0.25) is 5.88 Å². The van der Waals surface area contributed by atoms with Crippen LogP contribution in [0.5, 0.6) is 11.6 Å². The second-order valence-corrected chi connectivity index (χ2v) is 9.24. The third kappa shape index (κ3) is 4.26. The van der Waals surface area contributed by atoms with Crippen molar-refractivity contribution in [1.29, 1.82) is 0 Å². The fourth-order valence-electron chi connectivity index (χ4n) is 4.64. The molecule has 0 atom stereocenters. The molecule has 1 aliphatic rings. The maximum Gasteiger partial charge on any atom is 0.251 e. The van der Waals surface area contributed by atoms with Crippen molar-refractivity contribution in [3.63, 3.8) is 0 Å². The Balaban J connectivity index is 1.41. The minimum atomic E-state index is -0.170. The summed E-state index contributed by atoms with van der Waals surface area (Å²) in [6.07, 6.45) is 5.68. The molecule has 1 aliphatic carbocycles. The van der Waals surface area contributed by atoms with Gasteiger partial charge in [0, 0.05) is 43.3 Å². The van der Waals surface area contributed by atoms with E-state index in [1.165, 1.54) is 0 Å². The standard InChI is InChI=1S/C28H27N5O4/c1-15-31-21-10-9-16(11-23(21)36-15)20-14-30-26-25(20)28(37-19-5-4-6-19)33-24(32-26)13-17-7-8-18(27(34)29-2)12-22(17)35-3/h7-12,14,19H,4-6,13H2,1-3H3,(H,29,34)(H,30,32,33). The van der Waals surface area contributed by atoms with Crippen molar-refractivity contribution in [2.45, 2.75) is 38.7 Å². The minimum Gasteiger partial charge on any atom is -0.496 e. The minimum absolute atomic E-state index is 0.148. The number of benzene rings is 2. The van der Waals surface area contributed by atoms with Crippen LogP contribution in [-0.4, -0.2) is 46.1 Å². The summed E-state index contributed by atoms with van der Waals surface area (Å²) in [6.45, 7) is 1.84. The summed E-state index contributed by atoms with van der Waals surface area (Å²) < 4.78 is 17.7. The van der Waals surface area contributed by atoms with Crippen molar-refractivity contribution in [1.82, 2.24) is 25.3 Å². The van der Waals surface area contributed by atoms with E-state index >= 15 is 0 Å². The quantitative estimate of drug-likeness (QED) is 0.326. The number of ether oxygens (including phenoxy) is 2. The largest absolute Gasteiger partial charge is 0.496 e. The summed E-state index contributed by atoms with van der Waals surface area (Å²) in [5.74, 6) is 2.23. The molecule has 3 heterocycles. The normalized spacial score (nSPS) is 13.6. The van der Waals surface area contributed by atoms with Crippen molar-refractivity contribution in [2.75, 3.05) is 14.2 Å². The van der Waals surface area contributed by atoms with E-state index in [1.807, 2.05) is 37.4 Å². The lowest BCUT2D eigenvalue weighted by atomic mass is 9.96. The lowest BCUT2D eigenvalue weighted by Gasteiger charge is -2.26. The average Bonchev–Trinajstić information content (AvgIpc) is 3.48. The first kappa shape index (κ1) is 23.0. The maximum absolute atomic E-state index is 12.1. The number of rotatable bonds is 7. The molecule has 9 nitrogen and oxygen atoms in total. The smallest absolute Gasteiger partial charge is 0.251 e. The van der Waals surface area contributed by atoms with E-state index in [2.05, 4.69) is 15.3 Å². The van der Waals surface area contributed by atoms with E-state index in [9.17, 15) is 4.79 Å². The Morgan fingerprint density at radius 2 is 2.03 bits per heavy atom. The van der Waals surface area contributed by atoms with Crippen LogP contribution in [0.1, 0.15) is 46.9 Å². The van der Waals surface area contributed by atoms with E-state index in [-0.39, 0.29) is 12.0 Å². The van der Waals surface area contributed by atoms with Crippen LogP contribution in [0.2, 0.25) is 0 Å². The summed E-state index contributed by atoms with van der Waals surface area (Å²) in [5, 5.41) is 3.48. The highest BCUT2D eigenvalue weighted by molar-refractivity contribution is 5.98. The predicted octanol–water partition coefficient (Wildman–Crippen LogP) is 4.96. The van der Waals surface area contributed by atoms with E-state index < -0.39 is 0 Å². The molecule has 1 amide bonds. The highest BCUT2D eigenvalue weighted by Gasteiger charge is 2.24. The van der Waals surface area contributed by atoms with Crippen molar-refractivity contribution >= 4 is 28.0 Å². The van der Waals surface area contributed by atoms with Gasteiger partial charge in [-0.1, -0.05) is 12.1 Å². The first-order chi connectivity index (χ1) is 18.0. The number of amides is 1. The molecule has 0 unspecified atom stereocenters. The SMILES string of the molecule is CNC(=O)c1ccc(Cc2nc(OC3CCC3)c3c(-c4ccc5nc(C)oc5c4)c[nH]c3n2)c(OC)c1. The van der Waals surface area contributed by atoms with Crippen LogP contribution >= 0.6 is 0 Å². The lowest BCUT2D eigenvalue weighted by molar-refractivity contribution is 0.0962. The number of hydrogen-bond acceptors (Lipinski definition) is 7. The molecule has 37 heavy (non-hydrogen) atoms. The number of nitrogens with one attached hydrogen (secondary N) is 2. The van der Waals surface area contributed by atoms with Crippen LogP contribution in [0.15, 0.2) is 47.0 Å². The molecule has 0 bridgehead atoms. The monoisotopic (exact) mass is 497 g/mol. The Kier molecular flexibility index (Phi) is 5.75. The van der Waals surface area contributed by atoms with Gasteiger partial charge < -0.3 is 24.2 Å². The molecule has 0 aliphatic heterocycles. The number of H-pyrrole nitrogens is 1. The molecule has 5 aromatic rings. The van der Waals surface area contributed by atoms with Gasteiger partial charge in [0.05, 0.1) is 12.5 Å². The highest BCUT2D eigenvalue weighted by Crippen LogP contribution is 2.37. The number of hydrogen-bond donors (Lipinski definition) is 2. The van der Waals surface area contributed by atoms with Gasteiger partial charge in [-0.15, -0.1) is 0 Å². The van der Waals surface area contributed by atoms with Crippen molar-refractivity contribution in [3.05, 3.63) is 65.4 Å². The number of nitrogens with zero attached hydrogens (tertiary/aromatic N) is 3. The number of carbonyl (C=O) groups is 1. The van der Waals surface area contributed by atoms with Crippen LogP contribution < -0.4 is 14.8 Å². The topological polar surface area (TPSA) is 115 Å². The first-order valence-corrected chi connectivity index (χ1v) is 12.3. The van der Waals surface area contributed by atoms with Gasteiger partial charge in [0.1, 0.15) is 28.8 Å². The zero-order valence-electron chi connectivity index (χ0n) is 20.9. The van der Waals surface area contributed by atoms with Crippen molar-refractivity contribution in [2.24, 2.45) is 0 Å². The molecular formula is C28H27N5O4. The Labute approximate surface area is 213 Å². The average molecular weight is 498 g/mol. The number of aryl methyl sites for hydroxylation is 1. The van der Waals surface area contributed by atoms with Gasteiger partial charge >= 0.3 is 0 Å². The van der Waals surface area contributed by atoms with Crippen LogP contribution in [0.3, 0.4) is 0 Å². The Bertz CT molecular complexity index is 1630. The zero-order valence-corrected chi connectivity index (χ0v) is 20.9. The van der Waals surface area contributed by atoms with Gasteiger partial charge in [-0.3, -0.25) is 4.79 Å². The Morgan fingerprint density at radius 1 is 1.16 bits per heavy atom. The fourth-order valence-corrected chi connectivity index (χ4v) is 4.64. The molecule has 1 saturated carbocycles. The van der Waals surface area contributed by atoms with E-state index in [4.69, 9.17) is 23.9 Å². The van der Waals surface area contributed by atoms with Gasteiger partial charge in [-0.25, -0.2) is 9.97 Å². The summed E-state index contributed by atoms with van der Waals surface area (Å²) >= 11 is 0. The van der Waals surface area contributed by atoms with Crippen LogP contribution in [-0.2, 0) is 6.42 Å². The van der Waals surface area contributed by atoms with Gasteiger partial charge in [-0.2, -0.15) is 4.98 Å². The van der Waals surface area contributed by atoms with E-state index in [0.29, 0.717) is 41.0 Å². The number of aromatic amines is 1. The molecule has 6 rings (SSSR count). The lowest BCUT2D eigenvalue weighted by Crippen LogP contribution is -2.25. The van der Waals surface area contributed by atoms with Crippen LogP contribution in [0.25, 0.3) is 33.3 Å². The molecule has 2 aromatic carbocycles. The predicted molar refractivity (Wildman–Crippen MR) is 139 cm³/mol. The van der Waals surface area contributed by atoms with Crippen LogP contribution in [0, 0.1) is 6.92 Å². The second kappa shape index (κ2) is 9.24. The number of fused-ring (bicyclic) bond motifs is 2. The molecule has 3 aromatic heterocycles. The van der Waals surface area contributed by atoms with Gasteiger partial charge in [0.25, 0.3) is 5.91 Å². The highest BCUT2D eigenvalue weighted by atomic mass is 16.5. The third-order valence-electron chi connectivity index (χ3n) is 6.81. The molecule has 1 fully saturated rings. The summed E-state index contributed by atoms with van der Waals surface area (Å²) in [6, 6.07) is 11.3. The number of methoxy groups -OCH3 is 1. The second-order valence-electron chi connectivity index (χ2n) is 9.24. The first-order valence-electron chi connectivity index (χ1n) is 12.3. The Morgan fingerprint density at radius 3 is 2.78 bits per heavy atom. The van der Waals surface area contributed by atoms with Crippen molar-refractivity contribution < 1.29 is 18.7 Å². The molecule has 188 valence electrons. The maximum atomic E-state index is 12.1. The van der Waals surface area contributed by atoms with E-state index in [0.717, 1.165) is 52.4 Å². The molecule has 2 N–H and O–H groups in total. The summed E-state index contributed by atoms with van der Waals surface area (Å²) in [7, 11) is 3.19. The van der Waals surface area contributed by atoms with E-state index in [1.54, 1.807) is 26.3 Å². The van der Waals surface area contributed by atoms with Gasteiger partial charge in [0.15, 0.2) is 11.5 Å².